The van der Waals surface area contributed by atoms with Gasteiger partial charge in [-0.15, -0.1) is 0 Å². The standard InChI is InChI=1S/C15H10ClFN4O2/c1-2-23-10-4-3-7(13(17)12(10)16)11-8(5-18)14(20)21-15(22)9(11)6-19/h3-4H,2H2,1H3,(H3,20,21,22). The predicted molar refractivity (Wildman–Crippen MR) is 82.5 cm³/mol. The van der Waals surface area contributed by atoms with Gasteiger partial charge in [-0.05, 0) is 19.1 Å². The second kappa shape index (κ2) is 6.39. The number of nitriles is 2. The second-order valence-corrected chi connectivity index (χ2v) is 4.77. The molecule has 0 atom stereocenters. The van der Waals surface area contributed by atoms with Gasteiger partial charge in [0.2, 0.25) is 0 Å². The van der Waals surface area contributed by atoms with Crippen molar-refractivity contribution >= 4 is 17.4 Å². The number of nitrogens with one attached hydrogen (secondary N) is 1. The fourth-order valence-corrected chi connectivity index (χ4v) is 2.32. The number of nitrogens with two attached hydrogens (primary N) is 1. The summed E-state index contributed by atoms with van der Waals surface area (Å²) in [7, 11) is 0. The van der Waals surface area contributed by atoms with E-state index in [0.717, 1.165) is 0 Å². The molecule has 8 heteroatoms. The van der Waals surface area contributed by atoms with Crippen LogP contribution in [-0.4, -0.2) is 11.6 Å². The van der Waals surface area contributed by atoms with E-state index in [1.54, 1.807) is 19.1 Å². The molecule has 0 bridgehead atoms. The third-order valence-electron chi connectivity index (χ3n) is 3.08. The van der Waals surface area contributed by atoms with Gasteiger partial charge in [-0.1, -0.05) is 11.6 Å². The van der Waals surface area contributed by atoms with Crippen molar-refractivity contribution in [3.8, 4) is 29.0 Å². The molecule has 116 valence electrons. The number of hydrogen-bond donors (Lipinski definition) is 2. The van der Waals surface area contributed by atoms with Gasteiger partial charge in [0.15, 0.2) is 5.82 Å². The van der Waals surface area contributed by atoms with Gasteiger partial charge in [0.05, 0.1) is 6.61 Å². The zero-order chi connectivity index (χ0) is 17.1. The molecule has 0 saturated heterocycles. The van der Waals surface area contributed by atoms with E-state index in [2.05, 4.69) is 4.98 Å². The molecule has 0 unspecified atom stereocenters. The Morgan fingerprint density at radius 2 is 2.00 bits per heavy atom. The highest BCUT2D eigenvalue weighted by atomic mass is 35.5. The van der Waals surface area contributed by atoms with Crippen LogP contribution >= 0.6 is 11.6 Å². The first kappa shape index (κ1) is 16.3. The number of benzene rings is 1. The minimum Gasteiger partial charge on any atom is -0.492 e. The molecule has 0 amide bonds. The molecule has 3 N–H and O–H groups in total. The van der Waals surface area contributed by atoms with Crippen molar-refractivity contribution in [2.45, 2.75) is 6.92 Å². The molecule has 6 nitrogen and oxygen atoms in total. The summed E-state index contributed by atoms with van der Waals surface area (Å²) in [5.41, 5.74) is 3.77. The summed E-state index contributed by atoms with van der Waals surface area (Å²) in [6, 6.07) is 6.10. The summed E-state index contributed by atoms with van der Waals surface area (Å²) in [6.07, 6.45) is 0. The van der Waals surface area contributed by atoms with Crippen molar-refractivity contribution in [1.82, 2.24) is 4.98 Å². The number of ether oxygens (including phenoxy) is 1. The molecule has 0 saturated carbocycles. The normalized spacial score (nSPS) is 9.96. The van der Waals surface area contributed by atoms with E-state index >= 15 is 0 Å². The Balaban J connectivity index is 2.88. The Morgan fingerprint density at radius 1 is 1.35 bits per heavy atom. The molecule has 1 heterocycles. The van der Waals surface area contributed by atoms with Crippen LogP contribution in [0.25, 0.3) is 11.1 Å². The lowest BCUT2D eigenvalue weighted by atomic mass is 9.96. The summed E-state index contributed by atoms with van der Waals surface area (Å²) >= 11 is 5.91. The maximum absolute atomic E-state index is 14.6. The fraction of sp³-hybridized carbons (Fsp3) is 0.133. The van der Waals surface area contributed by atoms with E-state index in [1.807, 2.05) is 0 Å². The Labute approximate surface area is 135 Å². The maximum Gasteiger partial charge on any atom is 0.268 e. The molecule has 0 fully saturated rings. The highest BCUT2D eigenvalue weighted by Gasteiger charge is 2.23. The van der Waals surface area contributed by atoms with Gasteiger partial charge in [-0.2, -0.15) is 10.5 Å². The molecule has 1 aromatic heterocycles. The zero-order valence-electron chi connectivity index (χ0n) is 11.9. The number of nitrogen functional groups attached to an aromatic ring is 1. The van der Waals surface area contributed by atoms with Crippen molar-refractivity contribution < 1.29 is 9.13 Å². The summed E-state index contributed by atoms with van der Waals surface area (Å²) in [6.45, 7) is 1.99. The number of hydrogen-bond acceptors (Lipinski definition) is 5. The molecule has 0 spiro atoms. The number of rotatable bonds is 3. The molecule has 0 aliphatic carbocycles. The van der Waals surface area contributed by atoms with E-state index in [4.69, 9.17) is 22.1 Å². The van der Waals surface area contributed by atoms with Crippen LogP contribution in [0.2, 0.25) is 5.02 Å². The van der Waals surface area contributed by atoms with E-state index in [1.165, 1.54) is 12.1 Å². The SMILES string of the molecule is CCOc1ccc(-c2c(C#N)c(N)[nH]c(=O)c2C#N)c(F)c1Cl. The van der Waals surface area contributed by atoms with Crippen LogP contribution in [0, 0.1) is 28.5 Å². The van der Waals surface area contributed by atoms with Gasteiger partial charge >= 0.3 is 0 Å². The molecule has 0 aliphatic rings. The Hall–Kier alpha value is -3.03. The number of halogens is 2. The first-order valence-corrected chi connectivity index (χ1v) is 6.81. The molecular formula is C15H10ClFN4O2. The monoisotopic (exact) mass is 332 g/mol. The molecule has 1 aromatic carbocycles. The number of anilines is 1. The van der Waals surface area contributed by atoms with Crippen molar-refractivity contribution in [2.24, 2.45) is 0 Å². The van der Waals surface area contributed by atoms with E-state index < -0.39 is 16.9 Å². The van der Waals surface area contributed by atoms with Gasteiger partial charge in [0.25, 0.3) is 5.56 Å². The number of aromatic amines is 1. The van der Waals surface area contributed by atoms with E-state index in [9.17, 15) is 19.7 Å². The van der Waals surface area contributed by atoms with E-state index in [-0.39, 0.29) is 39.9 Å². The van der Waals surface area contributed by atoms with Crippen LogP contribution in [0.3, 0.4) is 0 Å². The summed E-state index contributed by atoms with van der Waals surface area (Å²) in [5.74, 6) is -1.04. The van der Waals surface area contributed by atoms with Crippen molar-refractivity contribution in [3.05, 3.63) is 44.5 Å². The lowest BCUT2D eigenvalue weighted by Crippen LogP contribution is -2.16. The first-order chi connectivity index (χ1) is 11.0. The fourth-order valence-electron chi connectivity index (χ4n) is 2.10. The van der Waals surface area contributed by atoms with Gasteiger partial charge in [-0.3, -0.25) is 4.79 Å². The largest absolute Gasteiger partial charge is 0.492 e. The van der Waals surface area contributed by atoms with Gasteiger partial charge in [0, 0.05) is 11.1 Å². The Kier molecular flexibility index (Phi) is 4.54. The van der Waals surface area contributed by atoms with Crippen molar-refractivity contribution in [1.29, 1.82) is 10.5 Å². The third kappa shape index (κ3) is 2.70. The van der Waals surface area contributed by atoms with Gasteiger partial charge in [0.1, 0.15) is 39.9 Å². The minimum absolute atomic E-state index is 0.116. The lowest BCUT2D eigenvalue weighted by Gasteiger charge is -2.12. The van der Waals surface area contributed by atoms with Crippen LogP contribution in [0.4, 0.5) is 10.2 Å². The van der Waals surface area contributed by atoms with Crippen LogP contribution in [-0.2, 0) is 0 Å². The molecule has 2 rings (SSSR count). The predicted octanol–water partition coefficient (Wildman–Crippen LogP) is 2.56. The molecule has 2 aromatic rings. The summed E-state index contributed by atoms with van der Waals surface area (Å²) < 4.78 is 19.8. The average molecular weight is 333 g/mol. The topological polar surface area (TPSA) is 116 Å². The van der Waals surface area contributed by atoms with Crippen LogP contribution in [0.5, 0.6) is 5.75 Å². The van der Waals surface area contributed by atoms with Crippen LogP contribution in [0.15, 0.2) is 16.9 Å². The van der Waals surface area contributed by atoms with Gasteiger partial charge < -0.3 is 15.5 Å². The maximum atomic E-state index is 14.6. The van der Waals surface area contributed by atoms with Crippen LogP contribution in [0.1, 0.15) is 18.1 Å². The Bertz CT molecular complexity index is 925. The first-order valence-electron chi connectivity index (χ1n) is 6.43. The number of aromatic nitrogens is 1. The number of H-pyrrole nitrogens is 1. The molecule has 0 radical (unpaired) electrons. The highest BCUT2D eigenvalue weighted by Crippen LogP contribution is 2.37. The second-order valence-electron chi connectivity index (χ2n) is 4.39. The number of nitrogens with zero attached hydrogens (tertiary/aromatic N) is 2. The van der Waals surface area contributed by atoms with E-state index in [0.29, 0.717) is 0 Å². The molecule has 0 aliphatic heterocycles. The lowest BCUT2D eigenvalue weighted by molar-refractivity contribution is 0.338. The molecule has 23 heavy (non-hydrogen) atoms. The minimum atomic E-state index is -0.907. The summed E-state index contributed by atoms with van der Waals surface area (Å²) in [4.78, 5) is 14.0. The molecular weight excluding hydrogens is 323 g/mol. The number of pyridine rings is 1. The van der Waals surface area contributed by atoms with Gasteiger partial charge in [-0.25, -0.2) is 4.39 Å². The third-order valence-corrected chi connectivity index (χ3v) is 3.44. The Morgan fingerprint density at radius 3 is 2.57 bits per heavy atom. The summed E-state index contributed by atoms with van der Waals surface area (Å²) in [5, 5.41) is 18.1. The smallest absolute Gasteiger partial charge is 0.268 e. The van der Waals surface area contributed by atoms with Crippen molar-refractivity contribution in [3.63, 3.8) is 0 Å². The average Bonchev–Trinajstić information content (AvgIpc) is 2.52. The van der Waals surface area contributed by atoms with Crippen LogP contribution < -0.4 is 16.0 Å². The zero-order valence-corrected chi connectivity index (χ0v) is 12.7. The van der Waals surface area contributed by atoms with Crippen molar-refractivity contribution in [2.75, 3.05) is 12.3 Å². The highest BCUT2D eigenvalue weighted by molar-refractivity contribution is 6.32. The quantitative estimate of drug-likeness (QED) is 0.896.